The van der Waals surface area contributed by atoms with E-state index < -0.39 is 43.7 Å². The molecule has 4 aromatic carbocycles. The van der Waals surface area contributed by atoms with Gasteiger partial charge < -0.3 is 0 Å². The van der Waals surface area contributed by atoms with Crippen molar-refractivity contribution in [3.05, 3.63) is 130 Å². The van der Waals surface area contributed by atoms with Crippen molar-refractivity contribution in [2.24, 2.45) is 0 Å². The van der Waals surface area contributed by atoms with Gasteiger partial charge in [0.05, 0.1) is 32.0 Å². The van der Waals surface area contributed by atoms with Crippen LogP contribution in [0.15, 0.2) is 107 Å². The van der Waals surface area contributed by atoms with E-state index in [4.69, 9.17) is 0 Å². The lowest BCUT2D eigenvalue weighted by atomic mass is 10.1. The highest BCUT2D eigenvalue weighted by atomic mass is 32.2. The minimum atomic E-state index is -3.98. The van der Waals surface area contributed by atoms with Gasteiger partial charge in [0.25, 0.3) is 23.6 Å². The van der Waals surface area contributed by atoms with E-state index in [1.54, 1.807) is 72.8 Å². The summed E-state index contributed by atoms with van der Waals surface area (Å²) in [7, 11) is -7.97. The number of rotatable bonds is 17. The summed E-state index contributed by atoms with van der Waals surface area (Å²) in [6.07, 6.45) is 0.997. The number of carbonyl (C=O) groups is 4. The average Bonchev–Trinajstić information content (AvgIpc) is 3.55. The number of benzene rings is 4. The molecule has 12 nitrogen and oxygen atoms in total. The summed E-state index contributed by atoms with van der Waals surface area (Å²) in [5.41, 5.74) is 3.06. The number of sulfonamides is 2. The van der Waals surface area contributed by atoms with E-state index in [0.29, 0.717) is 35.1 Å². The Hall–Kier alpha value is -5.02. The van der Waals surface area contributed by atoms with Gasteiger partial charge in [-0.15, -0.1) is 0 Å². The molecule has 0 aromatic heterocycles. The number of fused-ring (bicyclic) bond motifs is 2. The van der Waals surface area contributed by atoms with Crippen LogP contribution >= 0.6 is 0 Å². The third kappa shape index (κ3) is 7.92. The number of aryl methyl sites for hydroxylation is 2. The van der Waals surface area contributed by atoms with Gasteiger partial charge in [0.1, 0.15) is 0 Å². The Labute approximate surface area is 316 Å². The van der Waals surface area contributed by atoms with Crippen LogP contribution in [0, 0.1) is 13.8 Å². The van der Waals surface area contributed by atoms with Gasteiger partial charge in [-0.05, 0) is 88.1 Å². The Morgan fingerprint density at radius 2 is 0.704 bits per heavy atom. The van der Waals surface area contributed by atoms with Crippen LogP contribution in [0.3, 0.4) is 0 Å². The quantitative estimate of drug-likeness (QED) is 0.106. The predicted octanol–water partition coefficient (Wildman–Crippen LogP) is 5.14. The molecule has 0 saturated heterocycles. The molecule has 0 bridgehead atoms. The molecule has 2 heterocycles. The van der Waals surface area contributed by atoms with Crippen molar-refractivity contribution in [2.45, 2.75) is 49.3 Å². The molecule has 0 radical (unpaired) electrons. The van der Waals surface area contributed by atoms with Gasteiger partial charge >= 0.3 is 0 Å². The van der Waals surface area contributed by atoms with Crippen molar-refractivity contribution in [3.63, 3.8) is 0 Å². The van der Waals surface area contributed by atoms with E-state index in [1.807, 2.05) is 13.8 Å². The van der Waals surface area contributed by atoms with Crippen molar-refractivity contribution < 1.29 is 36.0 Å². The summed E-state index contributed by atoms with van der Waals surface area (Å²) >= 11 is 0. The number of amides is 4. The molecule has 6 rings (SSSR count). The van der Waals surface area contributed by atoms with Gasteiger partial charge in [0.2, 0.25) is 20.0 Å². The van der Waals surface area contributed by atoms with Crippen molar-refractivity contribution in [1.82, 2.24) is 18.4 Å². The van der Waals surface area contributed by atoms with E-state index in [9.17, 15) is 36.0 Å². The zero-order valence-electron chi connectivity index (χ0n) is 30.2. The number of carbonyl (C=O) groups excluding carboxylic acids is 4. The van der Waals surface area contributed by atoms with Crippen molar-refractivity contribution >= 4 is 43.7 Å². The largest absolute Gasteiger partial charge is 0.274 e. The molecule has 0 spiro atoms. The highest BCUT2D eigenvalue weighted by Gasteiger charge is 2.36. The van der Waals surface area contributed by atoms with Gasteiger partial charge in [0, 0.05) is 39.3 Å². The molecule has 0 aliphatic carbocycles. The van der Waals surface area contributed by atoms with Crippen LogP contribution in [0.2, 0.25) is 0 Å². The highest BCUT2D eigenvalue weighted by molar-refractivity contribution is 7.89. The first kappa shape index (κ1) is 38.7. The molecular weight excluding hydrogens is 729 g/mol. The molecule has 2 aliphatic rings. The second kappa shape index (κ2) is 16.1. The molecule has 0 unspecified atom stereocenters. The molecule has 4 aromatic rings. The summed E-state index contributed by atoms with van der Waals surface area (Å²) in [6.45, 7) is 3.94. The van der Waals surface area contributed by atoms with Crippen LogP contribution < -0.4 is 0 Å². The number of imide groups is 2. The van der Waals surface area contributed by atoms with Crippen molar-refractivity contribution in [3.8, 4) is 0 Å². The predicted molar refractivity (Wildman–Crippen MR) is 202 cm³/mol. The third-order valence-electron chi connectivity index (χ3n) is 9.72. The lowest BCUT2D eigenvalue weighted by molar-refractivity contribution is 0.0634. The van der Waals surface area contributed by atoms with Crippen LogP contribution in [0.5, 0.6) is 0 Å². The minimum Gasteiger partial charge on any atom is -0.274 e. The number of hydrogen-bond donors (Lipinski definition) is 0. The fourth-order valence-electron chi connectivity index (χ4n) is 6.69. The molecule has 0 saturated carbocycles. The van der Waals surface area contributed by atoms with Crippen molar-refractivity contribution in [2.75, 3.05) is 39.3 Å². The number of hydrogen-bond acceptors (Lipinski definition) is 8. The summed E-state index contributed by atoms with van der Waals surface area (Å²) in [5, 5.41) is 0. The SMILES string of the molecule is Cc1ccc(S(=O)(=O)N(CCCCN(CCCN2C(=O)c3ccccc3C2=O)S(=O)(=O)c2ccc(C)cc2)CCCN2C(=O)c3ccccc3C2=O)cc1. The fourth-order valence-corrected chi connectivity index (χ4v) is 9.73. The maximum Gasteiger partial charge on any atom is 0.261 e. The standard InChI is InChI=1S/C40H42N4O8S2/c1-29-15-19-31(20-16-29)53(49,50)41(25-9-27-43-37(45)33-11-3-4-12-34(33)38(43)46)23-7-8-24-42(54(51,52)32-21-17-30(2)18-22-32)26-10-28-44-39(47)35-13-5-6-14-36(35)40(44)48/h3-6,11-22H,7-10,23-28H2,1-2H3. The van der Waals surface area contributed by atoms with Crippen LogP contribution in [-0.2, 0) is 20.0 Å². The first-order chi connectivity index (χ1) is 25.8. The first-order valence-electron chi connectivity index (χ1n) is 17.8. The topological polar surface area (TPSA) is 150 Å². The molecule has 0 N–H and O–H groups in total. The molecule has 54 heavy (non-hydrogen) atoms. The van der Waals surface area contributed by atoms with Gasteiger partial charge in [-0.1, -0.05) is 59.7 Å². The molecule has 282 valence electrons. The number of unbranched alkanes of at least 4 members (excludes halogenated alkanes) is 1. The zero-order valence-corrected chi connectivity index (χ0v) is 31.8. The Balaban J connectivity index is 1.13. The van der Waals surface area contributed by atoms with Gasteiger partial charge in [-0.2, -0.15) is 8.61 Å². The summed E-state index contributed by atoms with van der Waals surface area (Å²) in [4.78, 5) is 54.2. The first-order valence-corrected chi connectivity index (χ1v) is 20.7. The Morgan fingerprint density at radius 1 is 0.426 bits per heavy atom. The normalized spacial score (nSPS) is 14.4. The molecule has 2 aliphatic heterocycles. The molecule has 0 atom stereocenters. The number of nitrogens with zero attached hydrogens (tertiary/aromatic N) is 4. The maximum atomic E-state index is 13.9. The van der Waals surface area contributed by atoms with E-state index >= 15 is 0 Å². The van der Waals surface area contributed by atoms with Crippen LogP contribution in [-0.4, -0.2) is 98.1 Å². The lowest BCUT2D eigenvalue weighted by Gasteiger charge is -2.25. The minimum absolute atomic E-state index is 0.0231. The monoisotopic (exact) mass is 770 g/mol. The summed E-state index contributed by atoms with van der Waals surface area (Å²) in [6, 6.07) is 26.1. The second-order valence-corrected chi connectivity index (χ2v) is 17.3. The van der Waals surface area contributed by atoms with Crippen LogP contribution in [0.1, 0.15) is 78.2 Å². The Morgan fingerprint density at radius 3 is 1.00 bits per heavy atom. The smallest absolute Gasteiger partial charge is 0.261 e. The van der Waals surface area contributed by atoms with Crippen LogP contribution in [0.25, 0.3) is 0 Å². The van der Waals surface area contributed by atoms with Gasteiger partial charge in [0.15, 0.2) is 0 Å². The van der Waals surface area contributed by atoms with E-state index in [0.717, 1.165) is 20.9 Å². The maximum absolute atomic E-state index is 13.9. The average molecular weight is 771 g/mol. The fraction of sp³-hybridized carbons (Fsp3) is 0.300. The molecular formula is C40H42N4O8S2. The van der Waals surface area contributed by atoms with Crippen molar-refractivity contribution in [1.29, 1.82) is 0 Å². The molecule has 4 amide bonds. The van der Waals surface area contributed by atoms with E-state index in [-0.39, 0.29) is 61.9 Å². The summed E-state index contributed by atoms with van der Waals surface area (Å²) in [5.74, 6) is -1.66. The third-order valence-corrected chi connectivity index (χ3v) is 13.5. The Kier molecular flexibility index (Phi) is 11.6. The van der Waals surface area contributed by atoms with E-state index in [2.05, 4.69) is 0 Å². The van der Waals surface area contributed by atoms with Gasteiger partial charge in [-0.25, -0.2) is 16.8 Å². The molecule has 0 fully saturated rings. The van der Waals surface area contributed by atoms with Crippen LogP contribution in [0.4, 0.5) is 0 Å². The lowest BCUT2D eigenvalue weighted by Crippen LogP contribution is -2.38. The Bertz CT molecular complexity index is 2060. The second-order valence-electron chi connectivity index (χ2n) is 13.5. The molecule has 14 heteroatoms. The highest BCUT2D eigenvalue weighted by Crippen LogP contribution is 2.25. The zero-order chi connectivity index (χ0) is 38.6. The summed E-state index contributed by atoms with van der Waals surface area (Å²) < 4.78 is 58.2. The van der Waals surface area contributed by atoms with E-state index in [1.165, 1.54) is 32.9 Å². The van der Waals surface area contributed by atoms with Gasteiger partial charge in [-0.3, -0.25) is 29.0 Å².